The van der Waals surface area contributed by atoms with Gasteiger partial charge in [-0.05, 0) is 73.6 Å². The van der Waals surface area contributed by atoms with Crippen LogP contribution in [0, 0.1) is 27.4 Å². The molecule has 2 aromatic rings. The smallest absolute Gasteiger partial charge is 0.273 e. The van der Waals surface area contributed by atoms with E-state index in [-0.39, 0.29) is 34.4 Å². The van der Waals surface area contributed by atoms with E-state index in [1.54, 1.807) is 18.2 Å². The van der Waals surface area contributed by atoms with Gasteiger partial charge in [-0.15, -0.1) is 0 Å². The van der Waals surface area contributed by atoms with Gasteiger partial charge in [-0.3, -0.25) is 10.1 Å². The van der Waals surface area contributed by atoms with Gasteiger partial charge in [0.25, 0.3) is 5.69 Å². The molecule has 3 aliphatic rings. The van der Waals surface area contributed by atoms with Crippen LogP contribution in [0.4, 0.5) is 5.69 Å². The van der Waals surface area contributed by atoms with Crippen LogP contribution < -0.4 is 9.57 Å². The number of nitrogens with zero attached hydrogens (tertiary/aromatic N) is 3. The number of nitro groups is 1. The number of phenolic OH excluding ortho intramolecular Hbond substituents is 1. The van der Waals surface area contributed by atoms with E-state index in [4.69, 9.17) is 9.57 Å². The second-order valence-corrected chi connectivity index (χ2v) is 9.62. The molecule has 9 heteroatoms. The Morgan fingerprint density at radius 1 is 1.24 bits per heavy atom. The molecular weight excluding hydrogens is 438 g/mol. The number of non-ortho nitro benzene ring substituents is 1. The van der Waals surface area contributed by atoms with Crippen molar-refractivity contribution in [2.24, 2.45) is 27.6 Å². The summed E-state index contributed by atoms with van der Waals surface area (Å²) in [6.45, 7) is 2.19. The van der Waals surface area contributed by atoms with Crippen molar-refractivity contribution in [1.29, 1.82) is 0 Å². The largest absolute Gasteiger partial charge is 0.504 e. The molecule has 2 fully saturated rings. The number of rotatable bonds is 4. The zero-order chi connectivity index (χ0) is 24.0. The molecule has 0 amide bonds. The number of fused-ring (bicyclic) bond motifs is 5. The highest BCUT2D eigenvalue weighted by atomic mass is 16.6. The summed E-state index contributed by atoms with van der Waals surface area (Å²) in [5, 5.41) is 39.2. The number of benzene rings is 2. The van der Waals surface area contributed by atoms with Gasteiger partial charge in [0, 0.05) is 17.0 Å². The Balaban J connectivity index is 1.56. The first-order valence-electron chi connectivity index (χ1n) is 11.5. The fourth-order valence-electron chi connectivity index (χ4n) is 6.40. The molecule has 0 saturated heterocycles. The van der Waals surface area contributed by atoms with Crippen LogP contribution in [0.25, 0.3) is 0 Å². The number of aromatic hydroxyl groups is 1. The monoisotopic (exact) mass is 465 g/mol. The number of nitro benzene ring substituents is 1. The third-order valence-electron chi connectivity index (χ3n) is 8.08. The summed E-state index contributed by atoms with van der Waals surface area (Å²) in [7, 11) is 1.53. The van der Waals surface area contributed by atoms with Crippen LogP contribution in [0.5, 0.6) is 17.2 Å². The minimum Gasteiger partial charge on any atom is -0.504 e. The first-order chi connectivity index (χ1) is 16.4. The Hall–Kier alpha value is -3.62. The lowest BCUT2D eigenvalue weighted by molar-refractivity contribution is -0.384. The molecule has 0 heterocycles. The van der Waals surface area contributed by atoms with Crippen LogP contribution in [0.2, 0.25) is 0 Å². The van der Waals surface area contributed by atoms with Gasteiger partial charge >= 0.3 is 0 Å². The maximum Gasteiger partial charge on any atom is 0.273 e. The van der Waals surface area contributed by atoms with Crippen molar-refractivity contribution in [3.63, 3.8) is 0 Å². The average Bonchev–Trinajstić information content (AvgIpc) is 3.18. The van der Waals surface area contributed by atoms with Crippen LogP contribution in [0.15, 0.2) is 46.7 Å². The Bertz CT molecular complexity index is 1210. The fourth-order valence-corrected chi connectivity index (χ4v) is 6.40. The van der Waals surface area contributed by atoms with E-state index >= 15 is 0 Å². The average molecular weight is 466 g/mol. The lowest BCUT2D eigenvalue weighted by Gasteiger charge is -2.48. The molecule has 0 bridgehead atoms. The molecule has 0 aliphatic heterocycles. The number of methoxy groups -OCH3 is 1. The number of ether oxygens (including phenoxy) is 1. The number of hydrogen-bond acceptors (Lipinski definition) is 8. The summed E-state index contributed by atoms with van der Waals surface area (Å²) in [4.78, 5) is 16.3. The van der Waals surface area contributed by atoms with Crippen LogP contribution in [0.3, 0.4) is 0 Å². The highest BCUT2D eigenvalue weighted by Crippen LogP contribution is 2.60. The van der Waals surface area contributed by atoms with Crippen molar-refractivity contribution in [2.75, 3.05) is 7.11 Å². The minimum absolute atomic E-state index is 0.0268. The first kappa shape index (κ1) is 22.2. The zero-order valence-corrected chi connectivity index (χ0v) is 19.1. The zero-order valence-electron chi connectivity index (χ0n) is 19.1. The Morgan fingerprint density at radius 3 is 2.79 bits per heavy atom. The molecule has 0 unspecified atom stereocenters. The maximum atomic E-state index is 11.1. The van der Waals surface area contributed by atoms with E-state index in [0.717, 1.165) is 42.5 Å². The van der Waals surface area contributed by atoms with E-state index in [2.05, 4.69) is 17.2 Å². The third kappa shape index (κ3) is 3.46. The SMILES string of the molecule is COc1cc2c(cc1O)C(=NOc1cccc([N+](=O)[O-])c1)C[C@@H]1[C@@H]2CC[C@]2(C)C(=NO)CC[C@@H]12. The molecule has 2 aromatic carbocycles. The minimum atomic E-state index is -0.478. The summed E-state index contributed by atoms with van der Waals surface area (Å²) >= 11 is 0. The molecule has 0 radical (unpaired) electrons. The van der Waals surface area contributed by atoms with Crippen molar-refractivity contribution in [2.45, 2.75) is 44.9 Å². The summed E-state index contributed by atoms with van der Waals surface area (Å²) in [6, 6.07) is 9.46. The van der Waals surface area contributed by atoms with E-state index in [1.807, 2.05) is 6.07 Å². The third-order valence-corrected chi connectivity index (χ3v) is 8.08. The molecule has 9 nitrogen and oxygen atoms in total. The summed E-state index contributed by atoms with van der Waals surface area (Å²) < 4.78 is 5.39. The highest BCUT2D eigenvalue weighted by molar-refractivity contribution is 6.04. The van der Waals surface area contributed by atoms with Crippen molar-refractivity contribution in [1.82, 2.24) is 0 Å². The van der Waals surface area contributed by atoms with E-state index < -0.39 is 4.92 Å². The summed E-state index contributed by atoms with van der Waals surface area (Å²) in [6.07, 6.45) is 4.22. The van der Waals surface area contributed by atoms with Gasteiger partial charge < -0.3 is 19.9 Å². The highest BCUT2D eigenvalue weighted by Gasteiger charge is 2.54. The lowest BCUT2D eigenvalue weighted by Crippen LogP contribution is -2.43. The second-order valence-electron chi connectivity index (χ2n) is 9.62. The predicted octanol–water partition coefficient (Wildman–Crippen LogP) is 5.24. The Labute approximate surface area is 196 Å². The quantitative estimate of drug-likeness (QED) is 0.361. The lowest BCUT2D eigenvalue weighted by atomic mass is 9.55. The summed E-state index contributed by atoms with van der Waals surface area (Å²) in [5.41, 5.74) is 3.19. The van der Waals surface area contributed by atoms with Crippen LogP contribution in [-0.2, 0) is 0 Å². The van der Waals surface area contributed by atoms with Crippen LogP contribution in [-0.4, -0.2) is 33.8 Å². The van der Waals surface area contributed by atoms with Crippen LogP contribution >= 0.6 is 0 Å². The van der Waals surface area contributed by atoms with Gasteiger partial charge in [-0.2, -0.15) is 0 Å². The van der Waals surface area contributed by atoms with Gasteiger partial charge in [0.15, 0.2) is 17.2 Å². The van der Waals surface area contributed by atoms with Gasteiger partial charge in [-0.25, -0.2) is 0 Å². The Kier molecular flexibility index (Phi) is 5.42. The molecule has 2 N–H and O–H groups in total. The van der Waals surface area contributed by atoms with Crippen molar-refractivity contribution in [3.05, 3.63) is 57.6 Å². The second kappa shape index (κ2) is 8.30. The van der Waals surface area contributed by atoms with Gasteiger partial charge in [0.2, 0.25) is 0 Å². The van der Waals surface area contributed by atoms with Crippen molar-refractivity contribution in [3.8, 4) is 17.2 Å². The van der Waals surface area contributed by atoms with Gasteiger partial charge in [-0.1, -0.05) is 23.3 Å². The number of phenols is 1. The molecule has 178 valence electrons. The topological polar surface area (TPSA) is 127 Å². The maximum absolute atomic E-state index is 11.1. The van der Waals surface area contributed by atoms with Crippen molar-refractivity contribution < 1.29 is 24.8 Å². The van der Waals surface area contributed by atoms with Crippen LogP contribution in [0.1, 0.15) is 56.1 Å². The number of hydrogen-bond donors (Lipinski definition) is 2. The molecule has 2 saturated carbocycles. The predicted molar refractivity (Wildman–Crippen MR) is 125 cm³/mol. The van der Waals surface area contributed by atoms with E-state index in [9.17, 15) is 20.4 Å². The first-order valence-corrected chi connectivity index (χ1v) is 11.5. The molecule has 0 aromatic heterocycles. The van der Waals surface area contributed by atoms with E-state index in [0.29, 0.717) is 23.8 Å². The van der Waals surface area contributed by atoms with Crippen molar-refractivity contribution >= 4 is 17.1 Å². The van der Waals surface area contributed by atoms with E-state index in [1.165, 1.54) is 19.2 Å². The molecule has 0 spiro atoms. The molecule has 4 atom stereocenters. The standard InChI is InChI=1S/C25H27N3O6/c1-25-9-8-16-17-13-23(33-2)22(29)12-19(17)21(11-18(16)20(25)6-7-24(25)26-30)27-34-15-5-3-4-14(10-15)28(31)32/h3-5,10,12-13,16,18,20,29-30H,6-9,11H2,1-2H3/t16-,18-,20+,25+/m1/s1. The van der Waals surface area contributed by atoms with Gasteiger partial charge in [0.05, 0.1) is 29.5 Å². The molecular formula is C25H27N3O6. The molecule has 34 heavy (non-hydrogen) atoms. The number of oxime groups is 2. The normalized spacial score (nSPS) is 29.9. The van der Waals surface area contributed by atoms with Gasteiger partial charge in [0.1, 0.15) is 0 Å². The summed E-state index contributed by atoms with van der Waals surface area (Å²) in [5.74, 6) is 1.56. The molecule has 5 rings (SSSR count). The fraction of sp³-hybridized carbons (Fsp3) is 0.440. The molecule has 3 aliphatic carbocycles. The Morgan fingerprint density at radius 2 is 2.06 bits per heavy atom.